The monoisotopic (exact) mass is 200 g/mol. The van der Waals surface area contributed by atoms with Gasteiger partial charge >= 0.3 is 0 Å². The number of rotatable bonds is 3. The van der Waals surface area contributed by atoms with E-state index in [2.05, 4.69) is 11.8 Å². The summed E-state index contributed by atoms with van der Waals surface area (Å²) in [7, 11) is 1.56. The Bertz CT molecular complexity index is 185. The average Bonchev–Trinajstić information content (AvgIpc) is 2.42. The third-order valence-electron chi connectivity index (χ3n) is 2.66. The van der Waals surface area contributed by atoms with Crippen LogP contribution >= 0.6 is 0 Å². The Hall–Kier alpha value is -0.610. The smallest absolute Gasteiger partial charge is 0.248 e. The highest BCUT2D eigenvalue weighted by Gasteiger charge is 2.17. The number of hydrogen-bond acceptors (Lipinski definition) is 3. The third kappa shape index (κ3) is 3.27. The van der Waals surface area contributed by atoms with Crippen LogP contribution in [0.15, 0.2) is 0 Å². The van der Waals surface area contributed by atoms with E-state index in [9.17, 15) is 4.79 Å². The Morgan fingerprint density at radius 3 is 2.71 bits per heavy atom. The molecule has 1 rings (SSSR count). The molecule has 0 atom stereocenters. The van der Waals surface area contributed by atoms with Crippen molar-refractivity contribution in [3.8, 4) is 0 Å². The van der Waals surface area contributed by atoms with Crippen LogP contribution in [0.5, 0.6) is 0 Å². The molecule has 1 amide bonds. The van der Waals surface area contributed by atoms with Gasteiger partial charge in [0.2, 0.25) is 5.91 Å². The Labute approximate surface area is 85.8 Å². The summed E-state index contributed by atoms with van der Waals surface area (Å²) >= 11 is 0. The first-order valence-corrected chi connectivity index (χ1v) is 5.27. The topological polar surface area (TPSA) is 32.8 Å². The molecule has 1 fully saturated rings. The quantitative estimate of drug-likeness (QED) is 0.652. The zero-order valence-corrected chi connectivity index (χ0v) is 9.16. The van der Waals surface area contributed by atoms with Gasteiger partial charge in [0.25, 0.3) is 0 Å². The molecule has 4 nitrogen and oxygen atoms in total. The summed E-state index contributed by atoms with van der Waals surface area (Å²) in [6, 6.07) is 0. The molecule has 4 heteroatoms. The van der Waals surface area contributed by atoms with Crippen molar-refractivity contribution < 1.29 is 9.53 Å². The van der Waals surface area contributed by atoms with Crippen LogP contribution in [-0.2, 0) is 9.53 Å². The summed E-state index contributed by atoms with van der Waals surface area (Å²) < 4.78 is 4.85. The second-order valence-corrected chi connectivity index (χ2v) is 3.60. The third-order valence-corrected chi connectivity index (χ3v) is 2.66. The molecule has 0 aliphatic carbocycles. The van der Waals surface area contributed by atoms with Crippen LogP contribution in [0.25, 0.3) is 0 Å². The van der Waals surface area contributed by atoms with Gasteiger partial charge in [-0.05, 0) is 19.5 Å². The molecule has 0 aromatic heterocycles. The second-order valence-electron chi connectivity index (χ2n) is 3.60. The summed E-state index contributed by atoms with van der Waals surface area (Å²) in [5, 5.41) is 0. The van der Waals surface area contributed by atoms with Crippen molar-refractivity contribution in [1.82, 2.24) is 9.80 Å². The largest absolute Gasteiger partial charge is 0.375 e. The summed E-state index contributed by atoms with van der Waals surface area (Å²) in [6.45, 7) is 7.26. The summed E-state index contributed by atoms with van der Waals surface area (Å²) in [4.78, 5) is 15.8. The molecule has 1 heterocycles. The lowest BCUT2D eigenvalue weighted by Gasteiger charge is -2.20. The maximum absolute atomic E-state index is 11.5. The molecule has 0 aromatic rings. The van der Waals surface area contributed by atoms with Gasteiger partial charge in [-0.3, -0.25) is 4.79 Å². The first-order chi connectivity index (χ1) is 6.77. The van der Waals surface area contributed by atoms with Crippen molar-refractivity contribution in [1.29, 1.82) is 0 Å². The van der Waals surface area contributed by atoms with E-state index in [1.807, 2.05) is 4.90 Å². The summed E-state index contributed by atoms with van der Waals surface area (Å²) in [5.74, 6) is 0.116. The van der Waals surface area contributed by atoms with E-state index in [1.165, 1.54) is 0 Å². The maximum Gasteiger partial charge on any atom is 0.248 e. The lowest BCUT2D eigenvalue weighted by Crippen LogP contribution is -2.37. The summed E-state index contributed by atoms with van der Waals surface area (Å²) in [5.41, 5.74) is 0. The number of amides is 1. The molecule has 14 heavy (non-hydrogen) atoms. The normalized spacial score (nSPS) is 19.4. The number of hydrogen-bond donors (Lipinski definition) is 0. The van der Waals surface area contributed by atoms with Gasteiger partial charge in [0.15, 0.2) is 0 Å². The van der Waals surface area contributed by atoms with Crippen molar-refractivity contribution in [2.75, 3.05) is 46.4 Å². The fourth-order valence-electron chi connectivity index (χ4n) is 1.75. The fourth-order valence-corrected chi connectivity index (χ4v) is 1.75. The standard InChI is InChI=1S/C10H20N2O2/c1-3-11-5-4-6-12(8-7-11)10(13)9-14-2/h3-9H2,1-2H3. The Morgan fingerprint density at radius 1 is 1.29 bits per heavy atom. The molecule has 0 bridgehead atoms. The van der Waals surface area contributed by atoms with E-state index >= 15 is 0 Å². The number of ether oxygens (including phenoxy) is 1. The minimum atomic E-state index is 0.116. The highest BCUT2D eigenvalue weighted by atomic mass is 16.5. The van der Waals surface area contributed by atoms with Crippen molar-refractivity contribution in [2.24, 2.45) is 0 Å². The Balaban J connectivity index is 2.37. The van der Waals surface area contributed by atoms with Gasteiger partial charge in [0.05, 0.1) is 0 Å². The number of nitrogens with zero attached hydrogens (tertiary/aromatic N) is 2. The van der Waals surface area contributed by atoms with Crippen LogP contribution < -0.4 is 0 Å². The molecule has 1 saturated heterocycles. The van der Waals surface area contributed by atoms with E-state index in [4.69, 9.17) is 4.74 Å². The number of methoxy groups -OCH3 is 1. The van der Waals surface area contributed by atoms with Gasteiger partial charge in [-0.1, -0.05) is 6.92 Å². The molecule has 0 aromatic carbocycles. The molecule has 0 N–H and O–H groups in total. The van der Waals surface area contributed by atoms with Gasteiger partial charge < -0.3 is 14.5 Å². The molecule has 1 aliphatic rings. The van der Waals surface area contributed by atoms with Crippen LogP contribution in [0.2, 0.25) is 0 Å². The van der Waals surface area contributed by atoms with E-state index < -0.39 is 0 Å². The first kappa shape index (κ1) is 11.5. The molecule has 1 aliphatic heterocycles. The maximum atomic E-state index is 11.5. The zero-order valence-electron chi connectivity index (χ0n) is 9.16. The summed E-state index contributed by atoms with van der Waals surface area (Å²) in [6.07, 6.45) is 1.07. The molecule has 0 radical (unpaired) electrons. The SMILES string of the molecule is CCN1CCCN(C(=O)COC)CC1. The molecular weight excluding hydrogens is 180 g/mol. The van der Waals surface area contributed by atoms with Crippen LogP contribution in [0.1, 0.15) is 13.3 Å². The lowest BCUT2D eigenvalue weighted by molar-refractivity contribution is -0.135. The average molecular weight is 200 g/mol. The van der Waals surface area contributed by atoms with Crippen molar-refractivity contribution in [3.63, 3.8) is 0 Å². The van der Waals surface area contributed by atoms with Gasteiger partial charge in [-0.15, -0.1) is 0 Å². The molecule has 0 spiro atoms. The first-order valence-electron chi connectivity index (χ1n) is 5.27. The fraction of sp³-hybridized carbons (Fsp3) is 0.900. The Morgan fingerprint density at radius 2 is 2.07 bits per heavy atom. The van der Waals surface area contributed by atoms with Gasteiger partial charge in [-0.25, -0.2) is 0 Å². The van der Waals surface area contributed by atoms with E-state index in [1.54, 1.807) is 7.11 Å². The molecule has 82 valence electrons. The second kappa shape index (κ2) is 5.98. The highest BCUT2D eigenvalue weighted by Crippen LogP contribution is 2.02. The van der Waals surface area contributed by atoms with E-state index in [0.717, 1.165) is 39.1 Å². The van der Waals surface area contributed by atoms with Crippen molar-refractivity contribution >= 4 is 5.91 Å². The van der Waals surface area contributed by atoms with Gasteiger partial charge in [0.1, 0.15) is 6.61 Å². The molecule has 0 saturated carbocycles. The Kier molecular flexibility index (Phi) is 4.90. The highest BCUT2D eigenvalue weighted by molar-refractivity contribution is 5.77. The predicted octanol–water partition coefficient (Wildman–Crippen LogP) is 0.187. The van der Waals surface area contributed by atoms with Crippen molar-refractivity contribution in [2.45, 2.75) is 13.3 Å². The molecule has 0 unspecified atom stereocenters. The van der Waals surface area contributed by atoms with E-state index in [0.29, 0.717) is 0 Å². The predicted molar refractivity (Wildman–Crippen MR) is 55.2 cm³/mol. The van der Waals surface area contributed by atoms with Crippen LogP contribution in [0.3, 0.4) is 0 Å². The van der Waals surface area contributed by atoms with Crippen LogP contribution in [0, 0.1) is 0 Å². The molecular formula is C10H20N2O2. The van der Waals surface area contributed by atoms with Crippen LogP contribution in [-0.4, -0.2) is 62.1 Å². The van der Waals surface area contributed by atoms with Gasteiger partial charge in [0, 0.05) is 26.7 Å². The van der Waals surface area contributed by atoms with Gasteiger partial charge in [-0.2, -0.15) is 0 Å². The number of likely N-dealkylation sites (N-methyl/N-ethyl adjacent to an activating group) is 1. The van der Waals surface area contributed by atoms with Crippen molar-refractivity contribution in [3.05, 3.63) is 0 Å². The zero-order chi connectivity index (χ0) is 10.4. The number of carbonyl (C=O) groups excluding carboxylic acids is 1. The minimum Gasteiger partial charge on any atom is -0.375 e. The van der Waals surface area contributed by atoms with Crippen LogP contribution in [0.4, 0.5) is 0 Å². The minimum absolute atomic E-state index is 0.116. The van der Waals surface area contributed by atoms with E-state index in [-0.39, 0.29) is 12.5 Å². The number of carbonyl (C=O) groups is 1. The lowest BCUT2D eigenvalue weighted by atomic mass is 10.4.